The predicted octanol–water partition coefficient (Wildman–Crippen LogP) is 4.42. The highest BCUT2D eigenvalue weighted by atomic mass is 16.5. The summed E-state index contributed by atoms with van der Waals surface area (Å²) in [6.45, 7) is 6.32. The van der Waals surface area contributed by atoms with Crippen LogP contribution in [0.2, 0.25) is 0 Å². The van der Waals surface area contributed by atoms with Gasteiger partial charge in [0.25, 0.3) is 0 Å². The fraction of sp³-hybridized carbons (Fsp3) is 0.400. The van der Waals surface area contributed by atoms with E-state index in [1.54, 1.807) is 0 Å². The minimum atomic E-state index is -0.260. The second-order valence-corrected chi connectivity index (χ2v) is 6.13. The summed E-state index contributed by atoms with van der Waals surface area (Å²) >= 11 is 0. The van der Waals surface area contributed by atoms with Gasteiger partial charge in [0.2, 0.25) is 0 Å². The first-order valence-corrected chi connectivity index (χ1v) is 8.39. The predicted molar refractivity (Wildman–Crippen MR) is 91.7 cm³/mol. The molecule has 0 fully saturated rings. The van der Waals surface area contributed by atoms with Gasteiger partial charge in [-0.05, 0) is 63.1 Å². The summed E-state index contributed by atoms with van der Waals surface area (Å²) in [5.41, 5.74) is 7.01. The number of esters is 1. The maximum atomic E-state index is 12.6. The molecule has 0 amide bonds. The van der Waals surface area contributed by atoms with E-state index in [9.17, 15) is 4.79 Å². The van der Waals surface area contributed by atoms with Gasteiger partial charge < -0.3 is 4.74 Å². The molecular formula is C20H23NO2. The number of aromatic nitrogens is 1. The van der Waals surface area contributed by atoms with Gasteiger partial charge in [-0.1, -0.05) is 24.3 Å². The van der Waals surface area contributed by atoms with Crippen molar-refractivity contribution < 1.29 is 9.53 Å². The van der Waals surface area contributed by atoms with E-state index >= 15 is 0 Å². The fourth-order valence-electron chi connectivity index (χ4n) is 3.42. The molecule has 23 heavy (non-hydrogen) atoms. The lowest BCUT2D eigenvalue weighted by atomic mass is 9.87. The highest BCUT2D eigenvalue weighted by molar-refractivity contribution is 5.98. The van der Waals surface area contributed by atoms with Crippen molar-refractivity contribution in [2.24, 2.45) is 0 Å². The summed E-state index contributed by atoms with van der Waals surface area (Å²) in [5.74, 6) is -0.260. The number of hydrogen-bond donors (Lipinski definition) is 0. The molecule has 1 aromatic heterocycles. The number of pyridine rings is 1. The molecule has 0 bridgehead atoms. The van der Waals surface area contributed by atoms with Crippen LogP contribution >= 0.6 is 0 Å². The minimum Gasteiger partial charge on any atom is -0.462 e. The van der Waals surface area contributed by atoms with Gasteiger partial charge in [0.1, 0.15) is 0 Å². The van der Waals surface area contributed by atoms with Gasteiger partial charge in [0, 0.05) is 11.3 Å². The third-order valence-electron chi connectivity index (χ3n) is 4.63. The maximum Gasteiger partial charge on any atom is 0.340 e. The summed E-state index contributed by atoms with van der Waals surface area (Å²) in [5, 5.41) is 0. The number of hydrogen-bond acceptors (Lipinski definition) is 3. The number of benzene rings is 1. The van der Waals surface area contributed by atoms with Crippen molar-refractivity contribution in [3.63, 3.8) is 0 Å². The van der Waals surface area contributed by atoms with Crippen LogP contribution in [0.15, 0.2) is 24.3 Å². The Morgan fingerprint density at radius 2 is 1.91 bits per heavy atom. The van der Waals surface area contributed by atoms with Crippen molar-refractivity contribution in [1.29, 1.82) is 0 Å². The lowest BCUT2D eigenvalue weighted by Gasteiger charge is -2.22. The zero-order valence-electron chi connectivity index (χ0n) is 14.1. The summed E-state index contributed by atoms with van der Waals surface area (Å²) in [7, 11) is 0. The van der Waals surface area contributed by atoms with Crippen LogP contribution in [0.1, 0.15) is 52.5 Å². The van der Waals surface area contributed by atoms with Crippen LogP contribution in [-0.4, -0.2) is 17.6 Å². The van der Waals surface area contributed by atoms with Gasteiger partial charge in [0.05, 0.1) is 17.9 Å². The van der Waals surface area contributed by atoms with Gasteiger partial charge in [0.15, 0.2) is 0 Å². The van der Waals surface area contributed by atoms with Crippen LogP contribution < -0.4 is 0 Å². The largest absolute Gasteiger partial charge is 0.462 e. The van der Waals surface area contributed by atoms with E-state index in [-0.39, 0.29) is 5.97 Å². The third-order valence-corrected chi connectivity index (χ3v) is 4.63. The van der Waals surface area contributed by atoms with E-state index in [4.69, 9.17) is 9.72 Å². The molecule has 120 valence electrons. The second kappa shape index (κ2) is 6.53. The monoisotopic (exact) mass is 309 g/mol. The van der Waals surface area contributed by atoms with Gasteiger partial charge in [-0.2, -0.15) is 0 Å². The molecule has 3 nitrogen and oxygen atoms in total. The molecule has 0 unspecified atom stereocenters. The van der Waals surface area contributed by atoms with E-state index in [2.05, 4.69) is 13.0 Å². The number of rotatable bonds is 3. The van der Waals surface area contributed by atoms with Gasteiger partial charge >= 0.3 is 5.97 Å². The fourth-order valence-corrected chi connectivity index (χ4v) is 3.42. The Balaban J connectivity index is 2.26. The molecule has 1 aliphatic carbocycles. The lowest BCUT2D eigenvalue weighted by Crippen LogP contribution is -2.16. The number of ether oxygens (including phenoxy) is 1. The molecular weight excluding hydrogens is 286 g/mol. The molecule has 0 N–H and O–H groups in total. The SMILES string of the molecule is CCOC(=O)c1c(-c2ccccc2C)nc2c(c1C)CCCC2. The third kappa shape index (κ3) is 2.88. The van der Waals surface area contributed by atoms with Crippen LogP contribution in [-0.2, 0) is 17.6 Å². The molecule has 0 atom stereocenters. The minimum absolute atomic E-state index is 0.260. The molecule has 0 saturated carbocycles. The average molecular weight is 309 g/mol. The smallest absolute Gasteiger partial charge is 0.340 e. The molecule has 3 rings (SSSR count). The quantitative estimate of drug-likeness (QED) is 0.788. The highest BCUT2D eigenvalue weighted by Gasteiger charge is 2.25. The molecule has 0 saturated heterocycles. The normalized spacial score (nSPS) is 13.5. The van der Waals surface area contributed by atoms with Crippen molar-refractivity contribution >= 4 is 5.97 Å². The van der Waals surface area contributed by atoms with Crippen molar-refractivity contribution in [1.82, 2.24) is 4.98 Å². The van der Waals surface area contributed by atoms with Crippen molar-refractivity contribution in [3.05, 3.63) is 52.2 Å². The summed E-state index contributed by atoms with van der Waals surface area (Å²) in [4.78, 5) is 17.5. The van der Waals surface area contributed by atoms with Crippen LogP contribution in [0.5, 0.6) is 0 Å². The van der Waals surface area contributed by atoms with Gasteiger partial charge in [-0.25, -0.2) is 4.79 Å². The molecule has 2 aromatic rings. The van der Waals surface area contributed by atoms with E-state index < -0.39 is 0 Å². The van der Waals surface area contributed by atoms with Crippen LogP contribution in [0, 0.1) is 13.8 Å². The van der Waals surface area contributed by atoms with E-state index in [0.29, 0.717) is 12.2 Å². The number of aryl methyl sites for hydroxylation is 2. The van der Waals surface area contributed by atoms with Gasteiger partial charge in [-0.15, -0.1) is 0 Å². The highest BCUT2D eigenvalue weighted by Crippen LogP contribution is 2.33. The Hall–Kier alpha value is -2.16. The first-order chi connectivity index (χ1) is 11.1. The Morgan fingerprint density at radius 1 is 1.17 bits per heavy atom. The van der Waals surface area contributed by atoms with Crippen molar-refractivity contribution in [2.75, 3.05) is 6.61 Å². The number of fused-ring (bicyclic) bond motifs is 1. The van der Waals surface area contributed by atoms with E-state index in [1.165, 1.54) is 18.4 Å². The Labute approximate surface area is 137 Å². The van der Waals surface area contributed by atoms with Crippen LogP contribution in [0.25, 0.3) is 11.3 Å². The van der Waals surface area contributed by atoms with Crippen molar-refractivity contribution in [3.8, 4) is 11.3 Å². The Kier molecular flexibility index (Phi) is 4.46. The van der Waals surface area contributed by atoms with Crippen molar-refractivity contribution in [2.45, 2.75) is 46.5 Å². The van der Waals surface area contributed by atoms with Crippen LogP contribution in [0.4, 0.5) is 0 Å². The van der Waals surface area contributed by atoms with E-state index in [1.807, 2.05) is 32.0 Å². The molecule has 1 aliphatic rings. The van der Waals surface area contributed by atoms with Crippen LogP contribution in [0.3, 0.4) is 0 Å². The number of nitrogens with zero attached hydrogens (tertiary/aromatic N) is 1. The first kappa shape index (κ1) is 15.7. The second-order valence-electron chi connectivity index (χ2n) is 6.13. The standard InChI is InChI=1S/C20H23NO2/c1-4-23-20(22)18-14(3)16-11-7-8-12-17(16)21-19(18)15-10-6-5-9-13(15)2/h5-6,9-10H,4,7-8,11-12H2,1-3H3. The Morgan fingerprint density at radius 3 is 2.65 bits per heavy atom. The maximum absolute atomic E-state index is 12.6. The summed E-state index contributed by atoms with van der Waals surface area (Å²) in [6, 6.07) is 8.09. The molecule has 3 heteroatoms. The van der Waals surface area contributed by atoms with E-state index in [0.717, 1.165) is 40.9 Å². The average Bonchev–Trinajstić information content (AvgIpc) is 2.55. The zero-order valence-corrected chi connectivity index (χ0v) is 14.1. The molecule has 1 aromatic carbocycles. The molecule has 0 aliphatic heterocycles. The summed E-state index contributed by atoms with van der Waals surface area (Å²) in [6.07, 6.45) is 4.35. The first-order valence-electron chi connectivity index (χ1n) is 8.39. The topological polar surface area (TPSA) is 39.2 Å². The number of carbonyl (C=O) groups is 1. The zero-order chi connectivity index (χ0) is 16.4. The summed E-state index contributed by atoms with van der Waals surface area (Å²) < 4.78 is 5.32. The molecule has 0 radical (unpaired) electrons. The molecule has 1 heterocycles. The molecule has 0 spiro atoms. The van der Waals surface area contributed by atoms with Gasteiger partial charge in [-0.3, -0.25) is 4.98 Å². The lowest BCUT2D eigenvalue weighted by molar-refractivity contribution is 0.0526. The number of carbonyl (C=O) groups excluding carboxylic acids is 1. The Bertz CT molecular complexity index is 750.